The van der Waals surface area contributed by atoms with Crippen LogP contribution < -0.4 is 21.1 Å². The van der Waals surface area contributed by atoms with Crippen molar-refractivity contribution in [3.63, 3.8) is 0 Å². The summed E-state index contributed by atoms with van der Waals surface area (Å²) < 4.78 is 8.30. The van der Waals surface area contributed by atoms with Crippen LogP contribution in [-0.2, 0) is 0 Å². The summed E-state index contributed by atoms with van der Waals surface area (Å²) in [5, 5.41) is 6.70. The topological polar surface area (TPSA) is 107 Å². The predicted molar refractivity (Wildman–Crippen MR) is 134 cm³/mol. The highest BCUT2D eigenvalue weighted by molar-refractivity contribution is 6.02. The van der Waals surface area contributed by atoms with Crippen molar-refractivity contribution in [3.8, 4) is 22.9 Å². The lowest BCUT2D eigenvalue weighted by atomic mass is 9.92. The van der Waals surface area contributed by atoms with Gasteiger partial charge in [0.05, 0.1) is 16.9 Å². The number of carbonyl (C=O) groups is 1. The van der Waals surface area contributed by atoms with Gasteiger partial charge >= 0.3 is 6.03 Å². The first-order valence-electron chi connectivity index (χ1n) is 11.5. The van der Waals surface area contributed by atoms with Crippen LogP contribution in [0.2, 0.25) is 0 Å². The van der Waals surface area contributed by atoms with Crippen LogP contribution in [0.25, 0.3) is 22.2 Å². The molecule has 34 heavy (non-hydrogen) atoms. The molecule has 4 aromatic rings. The van der Waals surface area contributed by atoms with E-state index in [1.54, 1.807) is 12.3 Å². The summed E-state index contributed by atoms with van der Waals surface area (Å²) in [6.07, 6.45) is 6.55. The minimum absolute atomic E-state index is 0.0699. The third-order valence-corrected chi connectivity index (χ3v) is 6.07. The molecule has 0 bridgehead atoms. The van der Waals surface area contributed by atoms with Crippen molar-refractivity contribution in [2.75, 3.05) is 11.1 Å². The smallest absolute Gasteiger partial charge is 0.319 e. The number of anilines is 2. The van der Waals surface area contributed by atoms with Crippen LogP contribution >= 0.6 is 0 Å². The molecule has 0 aliphatic heterocycles. The van der Waals surface area contributed by atoms with Gasteiger partial charge in [-0.2, -0.15) is 0 Å². The first kappa shape index (κ1) is 21.8. The first-order chi connectivity index (χ1) is 16.5. The van der Waals surface area contributed by atoms with Gasteiger partial charge in [-0.05, 0) is 57.4 Å². The van der Waals surface area contributed by atoms with Crippen molar-refractivity contribution in [3.05, 3.63) is 61.1 Å². The van der Waals surface area contributed by atoms with E-state index < -0.39 is 0 Å². The number of fused-ring (bicyclic) bond motifs is 1. The van der Waals surface area contributed by atoms with Gasteiger partial charge in [0.25, 0.3) is 0 Å². The number of ether oxygens (including phenoxy) is 1. The van der Waals surface area contributed by atoms with E-state index in [4.69, 9.17) is 10.5 Å². The molecule has 0 spiro atoms. The summed E-state index contributed by atoms with van der Waals surface area (Å²) in [4.78, 5) is 20.1. The van der Waals surface area contributed by atoms with Gasteiger partial charge in [0.2, 0.25) is 5.88 Å². The fraction of sp³-hybridized carbons (Fsp3) is 0.269. The van der Waals surface area contributed by atoms with E-state index in [0.717, 1.165) is 46.4 Å². The second-order valence-electron chi connectivity index (χ2n) is 8.88. The number of benzene rings is 2. The molecule has 2 heterocycles. The Morgan fingerprint density at radius 1 is 1.15 bits per heavy atom. The van der Waals surface area contributed by atoms with Crippen LogP contribution in [0, 0.1) is 0 Å². The lowest BCUT2D eigenvalue weighted by Crippen LogP contribution is -2.34. The van der Waals surface area contributed by atoms with Gasteiger partial charge in [0.15, 0.2) is 0 Å². The van der Waals surface area contributed by atoms with Gasteiger partial charge < -0.3 is 25.7 Å². The molecule has 1 aliphatic carbocycles. The van der Waals surface area contributed by atoms with E-state index in [1.165, 1.54) is 12.7 Å². The van der Waals surface area contributed by atoms with Crippen LogP contribution in [-0.4, -0.2) is 26.6 Å². The lowest BCUT2D eigenvalue weighted by Gasteiger charge is -2.30. The summed E-state index contributed by atoms with van der Waals surface area (Å²) in [5.41, 5.74) is 11.2. The number of hydrogen-bond acceptors (Lipinski definition) is 5. The van der Waals surface area contributed by atoms with Crippen molar-refractivity contribution in [1.82, 2.24) is 19.9 Å². The lowest BCUT2D eigenvalue weighted by molar-refractivity contribution is 0.250. The Morgan fingerprint density at radius 2 is 1.94 bits per heavy atom. The van der Waals surface area contributed by atoms with E-state index in [9.17, 15) is 4.79 Å². The summed E-state index contributed by atoms with van der Waals surface area (Å²) >= 11 is 0. The standard InChI is InChI=1S/C26H28N6O2/c1-16(2)30-26(33)31-18-8-6-17(7-9-18)25-24(27)21-11-10-20(34-23-12-13-28-15-29-23)14-22(21)32(25)19-4-3-5-19/h6-16,19H,3-5,27H2,1-2H3,(H2,30,31,33). The van der Waals surface area contributed by atoms with Crippen molar-refractivity contribution in [2.45, 2.75) is 45.2 Å². The molecule has 0 atom stereocenters. The Morgan fingerprint density at radius 3 is 2.59 bits per heavy atom. The molecular formula is C26H28N6O2. The average molecular weight is 457 g/mol. The summed E-state index contributed by atoms with van der Waals surface area (Å²) in [6, 6.07) is 15.7. The molecule has 2 aromatic heterocycles. The molecule has 0 unspecified atom stereocenters. The van der Waals surface area contributed by atoms with E-state index in [0.29, 0.717) is 17.7 Å². The Kier molecular flexibility index (Phi) is 5.79. The Bertz CT molecular complexity index is 1310. The molecule has 1 saturated carbocycles. The number of amides is 2. The number of nitrogens with zero attached hydrogens (tertiary/aromatic N) is 3. The van der Waals surface area contributed by atoms with Gasteiger partial charge in [0, 0.05) is 47.1 Å². The molecule has 2 amide bonds. The first-order valence-corrected chi connectivity index (χ1v) is 11.5. The number of nitrogens with two attached hydrogens (primary N) is 1. The van der Waals surface area contributed by atoms with Crippen molar-refractivity contribution < 1.29 is 9.53 Å². The number of nitrogen functional groups attached to an aromatic ring is 1. The maximum Gasteiger partial charge on any atom is 0.319 e. The van der Waals surface area contributed by atoms with Gasteiger partial charge in [-0.3, -0.25) is 0 Å². The minimum Gasteiger partial charge on any atom is -0.439 e. The Hall–Kier alpha value is -4.07. The highest BCUT2D eigenvalue weighted by atomic mass is 16.5. The molecule has 0 saturated heterocycles. The maximum atomic E-state index is 12.0. The summed E-state index contributed by atoms with van der Waals surface area (Å²) in [7, 11) is 0. The molecule has 174 valence electrons. The quantitative estimate of drug-likeness (QED) is 0.344. The van der Waals surface area contributed by atoms with Crippen molar-refractivity contribution in [2.24, 2.45) is 0 Å². The monoisotopic (exact) mass is 456 g/mol. The van der Waals surface area contributed by atoms with Gasteiger partial charge in [-0.15, -0.1) is 0 Å². The third-order valence-electron chi connectivity index (χ3n) is 6.07. The van der Waals surface area contributed by atoms with Crippen LogP contribution in [0.4, 0.5) is 16.2 Å². The number of rotatable bonds is 6. The normalized spacial score (nSPS) is 13.6. The van der Waals surface area contributed by atoms with Gasteiger partial charge in [0.1, 0.15) is 12.1 Å². The molecule has 1 fully saturated rings. The molecule has 5 rings (SSSR count). The summed E-state index contributed by atoms with van der Waals surface area (Å²) in [5.74, 6) is 1.19. The molecule has 8 nitrogen and oxygen atoms in total. The third kappa shape index (κ3) is 4.26. The molecule has 4 N–H and O–H groups in total. The Balaban J connectivity index is 1.51. The SMILES string of the molecule is CC(C)NC(=O)Nc1ccc(-c2c(N)c3ccc(Oc4ccncn4)cc3n2C2CCC2)cc1. The van der Waals surface area contributed by atoms with Gasteiger partial charge in [-0.1, -0.05) is 12.1 Å². The zero-order chi connectivity index (χ0) is 23.7. The van der Waals surface area contributed by atoms with Crippen LogP contribution in [0.5, 0.6) is 11.6 Å². The molecule has 1 aliphatic rings. The average Bonchev–Trinajstić information content (AvgIpc) is 3.05. The van der Waals surface area contributed by atoms with Crippen LogP contribution in [0.1, 0.15) is 39.2 Å². The largest absolute Gasteiger partial charge is 0.439 e. The summed E-state index contributed by atoms with van der Waals surface area (Å²) in [6.45, 7) is 3.85. The van der Waals surface area contributed by atoms with E-state index in [1.807, 2.05) is 56.3 Å². The molecule has 0 radical (unpaired) electrons. The second-order valence-corrected chi connectivity index (χ2v) is 8.88. The fourth-order valence-electron chi connectivity index (χ4n) is 4.30. The highest BCUT2D eigenvalue weighted by Crippen LogP contribution is 2.45. The van der Waals surface area contributed by atoms with Crippen LogP contribution in [0.3, 0.4) is 0 Å². The highest BCUT2D eigenvalue weighted by Gasteiger charge is 2.27. The maximum absolute atomic E-state index is 12.0. The van der Waals surface area contributed by atoms with E-state index in [2.05, 4.69) is 25.2 Å². The van der Waals surface area contributed by atoms with E-state index in [-0.39, 0.29) is 12.1 Å². The van der Waals surface area contributed by atoms with Gasteiger partial charge in [-0.25, -0.2) is 14.8 Å². The van der Waals surface area contributed by atoms with Crippen molar-refractivity contribution in [1.29, 1.82) is 0 Å². The number of carbonyl (C=O) groups excluding carboxylic acids is 1. The number of nitrogens with one attached hydrogen (secondary N) is 2. The molecule has 8 heteroatoms. The number of urea groups is 1. The zero-order valence-corrected chi connectivity index (χ0v) is 19.3. The molecule has 2 aromatic carbocycles. The van der Waals surface area contributed by atoms with Crippen LogP contribution in [0.15, 0.2) is 61.1 Å². The van der Waals surface area contributed by atoms with E-state index >= 15 is 0 Å². The number of aromatic nitrogens is 3. The fourth-order valence-corrected chi connectivity index (χ4v) is 4.30. The zero-order valence-electron chi connectivity index (χ0n) is 19.3. The number of hydrogen-bond donors (Lipinski definition) is 3. The van der Waals surface area contributed by atoms with Crippen molar-refractivity contribution >= 4 is 28.3 Å². The Labute approximate surface area is 198 Å². The predicted octanol–water partition coefficient (Wildman–Crippen LogP) is 5.73. The minimum atomic E-state index is -0.220. The molecular weight excluding hydrogens is 428 g/mol. The second kappa shape index (κ2) is 9.05.